The van der Waals surface area contributed by atoms with E-state index >= 15 is 0 Å². The molecular weight excluding hydrogens is 669 g/mol. The first-order chi connectivity index (χ1) is 23.8. The SMILES string of the molecule is CCCCC/C=C/CC/C=C/C(O)C(COP(=O)(O)OC1C(O)C(O)C(O)C(O)C1O)NC(=O)CC(O)/C=C\C/C=C\CCCCCCCC. The second-order valence-electron chi connectivity index (χ2n) is 12.9. The van der Waals surface area contributed by atoms with E-state index in [2.05, 4.69) is 31.3 Å². The fourth-order valence-electron chi connectivity index (χ4n) is 5.31. The van der Waals surface area contributed by atoms with Crippen molar-refractivity contribution in [2.24, 2.45) is 0 Å². The highest BCUT2D eigenvalue weighted by atomic mass is 31.2. The van der Waals surface area contributed by atoms with Crippen LogP contribution in [0.1, 0.15) is 110 Å². The minimum Gasteiger partial charge on any atom is -0.389 e. The molecule has 1 aliphatic carbocycles. The maximum Gasteiger partial charge on any atom is 0.472 e. The van der Waals surface area contributed by atoms with Crippen LogP contribution in [-0.4, -0.2) is 108 Å². The van der Waals surface area contributed by atoms with Gasteiger partial charge in [-0.1, -0.05) is 107 Å². The summed E-state index contributed by atoms with van der Waals surface area (Å²) < 4.78 is 22.6. The molecule has 50 heavy (non-hydrogen) atoms. The minimum absolute atomic E-state index is 0.362. The molecule has 13 nitrogen and oxygen atoms in total. The Morgan fingerprint density at radius 2 is 1.22 bits per heavy atom. The lowest BCUT2D eigenvalue weighted by atomic mass is 9.85. The predicted octanol–water partition coefficient (Wildman–Crippen LogP) is 3.63. The van der Waals surface area contributed by atoms with E-state index in [4.69, 9.17) is 9.05 Å². The van der Waals surface area contributed by atoms with Crippen molar-refractivity contribution in [3.8, 4) is 0 Å². The topological polar surface area (TPSA) is 226 Å². The van der Waals surface area contributed by atoms with Gasteiger partial charge in [-0.2, -0.15) is 0 Å². The average molecular weight is 734 g/mol. The zero-order chi connectivity index (χ0) is 37.4. The van der Waals surface area contributed by atoms with Crippen molar-refractivity contribution < 1.29 is 59.0 Å². The molecule has 1 fully saturated rings. The zero-order valence-electron chi connectivity index (χ0n) is 29.8. The van der Waals surface area contributed by atoms with Gasteiger partial charge in [-0.25, -0.2) is 4.57 Å². The van der Waals surface area contributed by atoms with Gasteiger partial charge in [0, 0.05) is 0 Å². The van der Waals surface area contributed by atoms with E-state index in [1.54, 1.807) is 12.2 Å². The Balaban J connectivity index is 2.77. The molecule has 0 saturated heterocycles. The van der Waals surface area contributed by atoms with Gasteiger partial charge in [-0.05, 0) is 44.9 Å². The zero-order valence-corrected chi connectivity index (χ0v) is 30.7. The predicted molar refractivity (Wildman–Crippen MR) is 192 cm³/mol. The molecule has 0 bridgehead atoms. The van der Waals surface area contributed by atoms with Crippen molar-refractivity contribution in [1.82, 2.24) is 5.32 Å². The van der Waals surface area contributed by atoms with Crippen LogP contribution in [0.4, 0.5) is 0 Å². The first-order valence-corrected chi connectivity index (χ1v) is 19.7. The molecule has 8 unspecified atom stereocenters. The monoisotopic (exact) mass is 733 g/mol. The van der Waals surface area contributed by atoms with E-state index < -0.39 is 75.2 Å². The molecular formula is C36H64NO12P. The summed E-state index contributed by atoms with van der Waals surface area (Å²) in [6, 6.07) is -1.28. The van der Waals surface area contributed by atoms with E-state index in [9.17, 15) is 50.0 Å². The van der Waals surface area contributed by atoms with Gasteiger partial charge in [0.2, 0.25) is 5.91 Å². The van der Waals surface area contributed by atoms with Gasteiger partial charge in [-0.3, -0.25) is 13.8 Å². The van der Waals surface area contributed by atoms with Crippen LogP contribution in [0.15, 0.2) is 48.6 Å². The third kappa shape index (κ3) is 19.8. The number of amides is 1. The number of aliphatic hydroxyl groups is 7. The first-order valence-electron chi connectivity index (χ1n) is 18.2. The molecule has 1 saturated carbocycles. The molecule has 0 aromatic rings. The van der Waals surface area contributed by atoms with Crippen LogP contribution in [0.2, 0.25) is 0 Å². The van der Waals surface area contributed by atoms with Crippen molar-refractivity contribution in [2.75, 3.05) is 6.61 Å². The number of phosphoric acid groups is 1. The average Bonchev–Trinajstić information content (AvgIpc) is 3.08. The van der Waals surface area contributed by atoms with E-state index in [0.717, 1.165) is 38.5 Å². The second-order valence-corrected chi connectivity index (χ2v) is 14.3. The number of phosphoric ester groups is 1. The number of carbonyl (C=O) groups is 1. The molecule has 1 amide bonds. The summed E-state index contributed by atoms with van der Waals surface area (Å²) >= 11 is 0. The Morgan fingerprint density at radius 1 is 0.700 bits per heavy atom. The molecule has 0 aromatic heterocycles. The van der Waals surface area contributed by atoms with E-state index in [-0.39, 0.29) is 6.42 Å². The minimum atomic E-state index is -5.15. The molecule has 0 aromatic carbocycles. The van der Waals surface area contributed by atoms with Crippen molar-refractivity contribution >= 4 is 13.7 Å². The summed E-state index contributed by atoms with van der Waals surface area (Å²) in [5.41, 5.74) is 0. The molecule has 1 aliphatic rings. The normalized spacial score (nSPS) is 26.2. The van der Waals surface area contributed by atoms with E-state index in [1.807, 2.05) is 12.2 Å². The summed E-state index contributed by atoms with van der Waals surface area (Å²) in [5, 5.41) is 73.6. The smallest absolute Gasteiger partial charge is 0.389 e. The van der Waals surface area contributed by atoms with Gasteiger partial charge >= 0.3 is 7.82 Å². The van der Waals surface area contributed by atoms with Crippen LogP contribution in [0, 0.1) is 0 Å². The Labute approximate surface area is 298 Å². The fourth-order valence-corrected chi connectivity index (χ4v) is 6.28. The number of allylic oxidation sites excluding steroid dienone is 6. The quantitative estimate of drug-likeness (QED) is 0.0335. The summed E-state index contributed by atoms with van der Waals surface area (Å²) in [6.45, 7) is 3.56. The summed E-state index contributed by atoms with van der Waals surface area (Å²) in [4.78, 5) is 23.1. The number of rotatable bonds is 27. The van der Waals surface area contributed by atoms with Crippen LogP contribution in [0.5, 0.6) is 0 Å². The molecule has 14 heteroatoms. The third-order valence-corrected chi connectivity index (χ3v) is 9.38. The summed E-state index contributed by atoms with van der Waals surface area (Å²) in [7, 11) is -5.15. The molecule has 9 N–H and O–H groups in total. The second kappa shape index (κ2) is 26.9. The first kappa shape index (κ1) is 46.3. The molecule has 0 spiro atoms. The van der Waals surface area contributed by atoms with Crippen LogP contribution in [0.25, 0.3) is 0 Å². The molecule has 290 valence electrons. The highest BCUT2D eigenvalue weighted by Crippen LogP contribution is 2.47. The van der Waals surface area contributed by atoms with Gasteiger partial charge in [-0.15, -0.1) is 0 Å². The molecule has 8 atom stereocenters. The van der Waals surface area contributed by atoms with Gasteiger partial charge in [0.05, 0.1) is 31.3 Å². The lowest BCUT2D eigenvalue weighted by Crippen LogP contribution is -2.64. The van der Waals surface area contributed by atoms with Gasteiger partial charge in [0.1, 0.15) is 36.6 Å². The van der Waals surface area contributed by atoms with Crippen molar-refractivity contribution in [3.05, 3.63) is 48.6 Å². The lowest BCUT2D eigenvalue weighted by molar-refractivity contribution is -0.220. The molecule has 0 heterocycles. The largest absolute Gasteiger partial charge is 0.472 e. The maximum atomic E-state index is 12.8. The standard InChI is InChI=1S/C36H64NO12P/c1-3-5-7-9-11-13-14-16-17-19-21-23-27(38)25-30(40)37-28(29(39)24-22-20-18-15-12-10-8-6-4-2)26-48-50(46,47)49-36-34(44)32(42)31(41)33(43)35(36)45/h12,15-17,21-24,27-29,31-36,38-39,41-45H,3-11,13-14,18-20,25-26H2,1-2H3,(H,37,40)(H,46,47)/b15-12+,17-16-,23-21-,24-22+. The van der Waals surface area contributed by atoms with Crippen LogP contribution in [0.3, 0.4) is 0 Å². The highest BCUT2D eigenvalue weighted by Gasteiger charge is 2.51. The van der Waals surface area contributed by atoms with E-state index in [0.29, 0.717) is 19.3 Å². The number of nitrogens with one attached hydrogen (secondary N) is 1. The number of hydrogen-bond acceptors (Lipinski definition) is 11. The molecule has 1 rings (SSSR count). The fraction of sp³-hybridized carbons (Fsp3) is 0.750. The van der Waals surface area contributed by atoms with E-state index in [1.165, 1.54) is 44.3 Å². The Hall–Kier alpha value is -1.74. The van der Waals surface area contributed by atoms with Gasteiger partial charge < -0.3 is 46.0 Å². The summed E-state index contributed by atoms with van der Waals surface area (Å²) in [5.74, 6) is -0.677. The van der Waals surface area contributed by atoms with Crippen molar-refractivity contribution in [1.29, 1.82) is 0 Å². The highest BCUT2D eigenvalue weighted by molar-refractivity contribution is 7.47. The lowest BCUT2D eigenvalue weighted by Gasteiger charge is -2.41. The number of carbonyl (C=O) groups excluding carboxylic acids is 1. The van der Waals surface area contributed by atoms with Crippen molar-refractivity contribution in [3.63, 3.8) is 0 Å². The van der Waals surface area contributed by atoms with Crippen LogP contribution >= 0.6 is 7.82 Å². The Morgan fingerprint density at radius 3 is 1.88 bits per heavy atom. The van der Waals surface area contributed by atoms with Gasteiger partial charge in [0.15, 0.2) is 0 Å². The number of aliphatic hydroxyl groups excluding tert-OH is 7. The Bertz CT molecular complexity index is 1050. The summed E-state index contributed by atoms with van der Waals surface area (Å²) in [6.07, 6.45) is 14.2. The third-order valence-electron chi connectivity index (χ3n) is 8.39. The molecule has 0 radical (unpaired) electrons. The molecule has 0 aliphatic heterocycles. The maximum absolute atomic E-state index is 12.8. The van der Waals surface area contributed by atoms with Crippen LogP contribution in [-0.2, 0) is 18.4 Å². The number of unbranched alkanes of at least 4 members (excludes halogenated alkanes) is 10. The van der Waals surface area contributed by atoms with Crippen molar-refractivity contribution in [2.45, 2.75) is 165 Å². The van der Waals surface area contributed by atoms with Crippen LogP contribution < -0.4 is 5.32 Å². The van der Waals surface area contributed by atoms with Gasteiger partial charge in [0.25, 0.3) is 0 Å². The Kier molecular flexibility index (Phi) is 24.9. The number of hydrogen-bond donors (Lipinski definition) is 9.